The molecule has 0 saturated carbocycles. The number of hydrogen-bond donors (Lipinski definition) is 4. The second kappa shape index (κ2) is 12.7. The van der Waals surface area contributed by atoms with Gasteiger partial charge in [-0.2, -0.15) is 0 Å². The van der Waals surface area contributed by atoms with Gasteiger partial charge in [0.15, 0.2) is 0 Å². The molecule has 0 aliphatic heterocycles. The molecule has 0 atom stereocenters. The predicted octanol–water partition coefficient (Wildman–Crippen LogP) is -0.0931. The van der Waals surface area contributed by atoms with Gasteiger partial charge < -0.3 is 25.2 Å². The largest absolute Gasteiger partial charge is 0.505 e. The van der Waals surface area contributed by atoms with Crippen molar-refractivity contribution in [3.05, 3.63) is 0 Å². The van der Waals surface area contributed by atoms with E-state index in [1.165, 1.54) is 0 Å². The van der Waals surface area contributed by atoms with Crippen LogP contribution in [0.25, 0.3) is 0 Å². The maximum atomic E-state index is 9.94. The van der Waals surface area contributed by atoms with Gasteiger partial charge in [-0.1, -0.05) is 0 Å². The fourth-order valence-electron chi connectivity index (χ4n) is 0.538. The first-order valence-electron chi connectivity index (χ1n) is 4.33. The van der Waals surface area contributed by atoms with Gasteiger partial charge in [0.2, 0.25) is 0 Å². The molecule has 0 aliphatic carbocycles. The van der Waals surface area contributed by atoms with Crippen LogP contribution in [0.3, 0.4) is 0 Å². The van der Waals surface area contributed by atoms with Gasteiger partial charge in [-0.15, -0.1) is 0 Å². The zero-order valence-corrected chi connectivity index (χ0v) is 8.26. The quantitative estimate of drug-likeness (QED) is 0.367. The maximum Gasteiger partial charge on any atom is 0.505 e. The van der Waals surface area contributed by atoms with Gasteiger partial charge in [0, 0.05) is 6.42 Å². The SMILES string of the molecule is O=C(O)CCCCOC(=O)O.OCCO. The van der Waals surface area contributed by atoms with Crippen LogP contribution in [0.4, 0.5) is 4.79 Å². The van der Waals surface area contributed by atoms with Crippen LogP contribution in [-0.4, -0.2) is 52.4 Å². The lowest BCUT2D eigenvalue weighted by atomic mass is 10.2. The van der Waals surface area contributed by atoms with Gasteiger partial charge in [0.25, 0.3) is 0 Å². The summed E-state index contributed by atoms with van der Waals surface area (Å²) in [7, 11) is 0. The average molecular weight is 224 g/mol. The molecule has 0 aromatic heterocycles. The topological polar surface area (TPSA) is 124 Å². The summed E-state index contributed by atoms with van der Waals surface area (Å²) < 4.78 is 4.15. The molecule has 90 valence electrons. The van der Waals surface area contributed by atoms with Crippen molar-refractivity contribution in [3.63, 3.8) is 0 Å². The highest BCUT2D eigenvalue weighted by molar-refractivity contribution is 5.66. The first-order valence-corrected chi connectivity index (χ1v) is 4.33. The van der Waals surface area contributed by atoms with E-state index in [1.54, 1.807) is 0 Å². The summed E-state index contributed by atoms with van der Waals surface area (Å²) in [6.07, 6.45) is -0.357. The Kier molecular flexibility index (Phi) is 13.6. The molecule has 0 heterocycles. The Hall–Kier alpha value is -1.34. The summed E-state index contributed by atoms with van der Waals surface area (Å²) >= 11 is 0. The van der Waals surface area contributed by atoms with E-state index in [-0.39, 0.29) is 26.2 Å². The van der Waals surface area contributed by atoms with Crippen LogP contribution in [0.2, 0.25) is 0 Å². The molecule has 0 fully saturated rings. The van der Waals surface area contributed by atoms with Crippen LogP contribution in [0.15, 0.2) is 0 Å². The lowest BCUT2D eigenvalue weighted by molar-refractivity contribution is -0.137. The van der Waals surface area contributed by atoms with Crippen molar-refractivity contribution in [1.29, 1.82) is 0 Å². The third-order valence-electron chi connectivity index (χ3n) is 1.11. The average Bonchev–Trinajstić information content (AvgIpc) is 2.17. The summed E-state index contributed by atoms with van der Waals surface area (Å²) in [5.41, 5.74) is 0. The van der Waals surface area contributed by atoms with Gasteiger partial charge in [0.1, 0.15) is 0 Å². The van der Waals surface area contributed by atoms with Crippen LogP contribution in [0.5, 0.6) is 0 Å². The molecule has 0 unspecified atom stereocenters. The Balaban J connectivity index is 0. The van der Waals surface area contributed by atoms with Crippen LogP contribution in [0.1, 0.15) is 19.3 Å². The van der Waals surface area contributed by atoms with Gasteiger partial charge in [-0.3, -0.25) is 4.79 Å². The monoisotopic (exact) mass is 224 g/mol. The molecule has 0 aromatic rings. The number of carbonyl (C=O) groups is 2. The first-order chi connectivity index (χ1) is 7.04. The highest BCUT2D eigenvalue weighted by Gasteiger charge is 1.98. The van der Waals surface area contributed by atoms with Gasteiger partial charge >= 0.3 is 12.1 Å². The molecule has 0 amide bonds. The minimum absolute atomic E-state index is 0.0585. The maximum absolute atomic E-state index is 9.94. The van der Waals surface area contributed by atoms with Crippen molar-refractivity contribution >= 4 is 12.1 Å². The highest BCUT2D eigenvalue weighted by Crippen LogP contribution is 1.95. The van der Waals surface area contributed by atoms with Gasteiger partial charge in [-0.25, -0.2) is 4.79 Å². The zero-order chi connectivity index (χ0) is 12.1. The number of aliphatic carboxylic acids is 1. The van der Waals surface area contributed by atoms with E-state index < -0.39 is 12.1 Å². The van der Waals surface area contributed by atoms with E-state index in [2.05, 4.69) is 4.74 Å². The minimum Gasteiger partial charge on any atom is -0.481 e. The number of carboxylic acid groups (broad SMARTS) is 2. The zero-order valence-electron chi connectivity index (χ0n) is 8.26. The number of unbranched alkanes of at least 4 members (excludes halogenated alkanes) is 1. The Morgan fingerprint density at radius 3 is 1.87 bits per heavy atom. The third-order valence-corrected chi connectivity index (χ3v) is 1.11. The van der Waals surface area contributed by atoms with E-state index in [9.17, 15) is 9.59 Å². The summed E-state index contributed by atoms with van der Waals surface area (Å²) in [5, 5.41) is 31.4. The Labute approximate surface area is 86.9 Å². The summed E-state index contributed by atoms with van der Waals surface area (Å²) in [5.74, 6) is -0.875. The smallest absolute Gasteiger partial charge is 0.481 e. The van der Waals surface area contributed by atoms with Gasteiger partial charge in [-0.05, 0) is 12.8 Å². The van der Waals surface area contributed by atoms with E-state index in [4.69, 9.17) is 20.4 Å². The van der Waals surface area contributed by atoms with Crippen LogP contribution >= 0.6 is 0 Å². The number of aliphatic hydroxyl groups excluding tert-OH is 2. The highest BCUT2D eigenvalue weighted by atomic mass is 16.7. The van der Waals surface area contributed by atoms with Gasteiger partial charge in [0.05, 0.1) is 19.8 Å². The molecule has 0 radical (unpaired) electrons. The van der Waals surface area contributed by atoms with Crippen molar-refractivity contribution in [3.8, 4) is 0 Å². The normalized spacial score (nSPS) is 8.67. The predicted molar refractivity (Wildman–Crippen MR) is 49.6 cm³/mol. The second-order valence-corrected chi connectivity index (χ2v) is 2.41. The third kappa shape index (κ3) is 24.5. The molecule has 0 bridgehead atoms. The molecule has 4 N–H and O–H groups in total. The minimum atomic E-state index is -1.32. The Morgan fingerprint density at radius 1 is 1.00 bits per heavy atom. The molecule has 0 aromatic carbocycles. The molecular weight excluding hydrogens is 208 g/mol. The van der Waals surface area contributed by atoms with E-state index in [0.717, 1.165) is 0 Å². The van der Waals surface area contributed by atoms with Crippen molar-refractivity contribution in [2.24, 2.45) is 0 Å². The van der Waals surface area contributed by atoms with Crippen molar-refractivity contribution in [2.45, 2.75) is 19.3 Å². The lowest BCUT2D eigenvalue weighted by Crippen LogP contribution is -2.02. The van der Waals surface area contributed by atoms with Crippen molar-refractivity contribution in [2.75, 3.05) is 19.8 Å². The number of aliphatic hydroxyl groups is 2. The van der Waals surface area contributed by atoms with Crippen molar-refractivity contribution < 1.29 is 34.8 Å². The fourth-order valence-corrected chi connectivity index (χ4v) is 0.538. The van der Waals surface area contributed by atoms with Crippen LogP contribution < -0.4 is 0 Å². The number of hydrogen-bond acceptors (Lipinski definition) is 5. The molecule has 0 spiro atoms. The Bertz CT molecular complexity index is 150. The number of rotatable bonds is 6. The summed E-state index contributed by atoms with van der Waals surface area (Å²) in [6, 6.07) is 0. The molecule has 15 heavy (non-hydrogen) atoms. The van der Waals surface area contributed by atoms with E-state index in [1.807, 2.05) is 0 Å². The summed E-state index contributed by atoms with van der Waals surface area (Å²) in [4.78, 5) is 19.7. The molecular formula is C8H16O7. The molecule has 7 heteroatoms. The van der Waals surface area contributed by atoms with E-state index >= 15 is 0 Å². The standard InChI is InChI=1S/C6H10O5.C2H6O2/c7-5(8)3-1-2-4-11-6(9)10;3-1-2-4/h1-4H2,(H,7,8)(H,9,10);3-4H,1-2H2. The fraction of sp³-hybridized carbons (Fsp3) is 0.750. The first kappa shape index (κ1) is 16.1. The number of carboxylic acids is 1. The Morgan fingerprint density at radius 2 is 1.53 bits per heavy atom. The molecule has 0 rings (SSSR count). The summed E-state index contributed by atoms with van der Waals surface area (Å²) in [6.45, 7) is -0.178. The molecule has 0 aliphatic rings. The molecule has 7 nitrogen and oxygen atoms in total. The van der Waals surface area contributed by atoms with Crippen LogP contribution in [0, 0.1) is 0 Å². The number of ether oxygens (including phenoxy) is 1. The lowest BCUT2D eigenvalue weighted by Gasteiger charge is -1.97. The van der Waals surface area contributed by atoms with E-state index in [0.29, 0.717) is 12.8 Å². The van der Waals surface area contributed by atoms with Crippen LogP contribution in [-0.2, 0) is 9.53 Å². The second-order valence-electron chi connectivity index (χ2n) is 2.41. The molecule has 0 saturated heterocycles. The van der Waals surface area contributed by atoms with Crippen molar-refractivity contribution in [1.82, 2.24) is 0 Å².